The zero-order valence-electron chi connectivity index (χ0n) is 13.5. The van der Waals surface area contributed by atoms with Crippen molar-refractivity contribution in [3.05, 3.63) is 107 Å². The van der Waals surface area contributed by atoms with Crippen molar-refractivity contribution in [1.82, 2.24) is 5.48 Å². The molecule has 1 atom stereocenters. The number of amides is 1. The smallest absolute Gasteiger partial charge is 0.255 e. The summed E-state index contributed by atoms with van der Waals surface area (Å²) in [7, 11) is 0. The number of hydrogen-bond donors (Lipinski definition) is 2. The molecule has 0 heterocycles. The van der Waals surface area contributed by atoms with Crippen molar-refractivity contribution < 1.29 is 10.0 Å². The topological polar surface area (TPSA) is 49.3 Å². The van der Waals surface area contributed by atoms with E-state index in [0.717, 1.165) is 22.3 Å². The lowest BCUT2D eigenvalue weighted by Crippen LogP contribution is -2.27. The highest BCUT2D eigenvalue weighted by molar-refractivity contribution is 5.86. The molecular weight excluding hydrogens is 310 g/mol. The van der Waals surface area contributed by atoms with Gasteiger partial charge in [0.15, 0.2) is 0 Å². The van der Waals surface area contributed by atoms with Gasteiger partial charge in [-0.15, -0.1) is 0 Å². The Hall–Kier alpha value is -3.35. The van der Waals surface area contributed by atoms with E-state index in [1.165, 1.54) is 0 Å². The van der Waals surface area contributed by atoms with Gasteiger partial charge < -0.3 is 0 Å². The molecule has 0 aliphatic heterocycles. The molecule has 0 saturated carbocycles. The summed E-state index contributed by atoms with van der Waals surface area (Å²) >= 11 is 0. The number of rotatable bonds is 3. The lowest BCUT2D eigenvalue weighted by atomic mass is 9.90. The van der Waals surface area contributed by atoms with Gasteiger partial charge in [0.05, 0.1) is 5.92 Å². The highest BCUT2D eigenvalue weighted by Gasteiger charge is 2.21. The third kappa shape index (κ3) is 4.14. The first-order chi connectivity index (χ1) is 12.3. The number of nitrogens with one attached hydrogen (secondary N) is 1. The Labute approximate surface area is 146 Å². The van der Waals surface area contributed by atoms with E-state index in [4.69, 9.17) is 5.21 Å². The molecule has 0 radical (unpaired) electrons. The fraction of sp³-hybridized carbons (Fsp3) is 0.0455. The summed E-state index contributed by atoms with van der Waals surface area (Å²) in [6, 6.07) is 26.6. The molecule has 0 saturated heterocycles. The molecule has 3 aromatic rings. The second-order valence-electron chi connectivity index (χ2n) is 5.56. The maximum absolute atomic E-state index is 12.1. The van der Waals surface area contributed by atoms with Crippen molar-refractivity contribution in [3.63, 3.8) is 0 Å². The van der Waals surface area contributed by atoms with Crippen molar-refractivity contribution in [2.24, 2.45) is 0 Å². The van der Waals surface area contributed by atoms with Crippen LogP contribution in [0.25, 0.3) is 0 Å². The predicted molar refractivity (Wildman–Crippen MR) is 97.1 cm³/mol. The van der Waals surface area contributed by atoms with E-state index >= 15 is 0 Å². The zero-order chi connectivity index (χ0) is 17.5. The monoisotopic (exact) mass is 327 g/mol. The van der Waals surface area contributed by atoms with Gasteiger partial charge in [0.2, 0.25) is 0 Å². The van der Waals surface area contributed by atoms with Crippen LogP contribution in [0.5, 0.6) is 0 Å². The average molecular weight is 327 g/mol. The van der Waals surface area contributed by atoms with Crippen LogP contribution < -0.4 is 5.48 Å². The Morgan fingerprint density at radius 3 is 1.76 bits per heavy atom. The number of hydrogen-bond acceptors (Lipinski definition) is 2. The first-order valence-electron chi connectivity index (χ1n) is 7.94. The molecule has 1 unspecified atom stereocenters. The first-order valence-corrected chi connectivity index (χ1v) is 7.94. The Morgan fingerprint density at radius 1 is 0.720 bits per heavy atom. The van der Waals surface area contributed by atoms with Gasteiger partial charge in [0.1, 0.15) is 0 Å². The van der Waals surface area contributed by atoms with Gasteiger partial charge in [0.25, 0.3) is 5.91 Å². The minimum absolute atomic E-state index is 0.464. The summed E-state index contributed by atoms with van der Waals surface area (Å²) in [6.07, 6.45) is 0. The molecule has 0 aliphatic carbocycles. The van der Waals surface area contributed by atoms with Crippen LogP contribution in [-0.4, -0.2) is 11.1 Å². The maximum atomic E-state index is 12.1. The highest BCUT2D eigenvalue weighted by Crippen LogP contribution is 2.25. The van der Waals surface area contributed by atoms with Gasteiger partial charge in [-0.05, 0) is 35.4 Å². The van der Waals surface area contributed by atoms with Gasteiger partial charge in [-0.1, -0.05) is 72.5 Å². The Bertz CT molecular complexity index is 892. The van der Waals surface area contributed by atoms with Crippen molar-refractivity contribution in [2.45, 2.75) is 5.92 Å². The molecule has 3 nitrogen and oxygen atoms in total. The quantitative estimate of drug-likeness (QED) is 0.437. The molecule has 122 valence electrons. The summed E-state index contributed by atoms with van der Waals surface area (Å²) in [5, 5.41) is 9.07. The molecular formula is C22H17NO2. The Kier molecular flexibility index (Phi) is 5.26. The molecule has 1 amide bonds. The maximum Gasteiger partial charge on any atom is 0.255 e. The molecule has 0 aliphatic rings. The molecule has 0 bridgehead atoms. The van der Waals surface area contributed by atoms with Crippen LogP contribution in [0.3, 0.4) is 0 Å². The largest absolute Gasteiger partial charge is 0.289 e. The second-order valence-corrected chi connectivity index (χ2v) is 5.56. The van der Waals surface area contributed by atoms with Crippen LogP contribution in [-0.2, 0) is 4.79 Å². The molecule has 0 fully saturated rings. The Morgan fingerprint density at radius 2 is 1.20 bits per heavy atom. The Balaban J connectivity index is 1.87. The van der Waals surface area contributed by atoms with E-state index in [0.29, 0.717) is 0 Å². The molecule has 25 heavy (non-hydrogen) atoms. The summed E-state index contributed by atoms with van der Waals surface area (Å²) in [6.45, 7) is 0. The van der Waals surface area contributed by atoms with Gasteiger partial charge in [-0.2, -0.15) is 0 Å². The van der Waals surface area contributed by atoms with Crippen molar-refractivity contribution in [1.29, 1.82) is 0 Å². The van der Waals surface area contributed by atoms with Gasteiger partial charge in [-0.25, -0.2) is 5.48 Å². The van der Waals surface area contributed by atoms with Crippen LogP contribution >= 0.6 is 0 Å². The fourth-order valence-corrected chi connectivity index (χ4v) is 2.63. The minimum atomic E-state index is -0.567. The summed E-state index contributed by atoms with van der Waals surface area (Å²) in [4.78, 5) is 12.1. The third-order valence-corrected chi connectivity index (χ3v) is 3.87. The summed E-state index contributed by atoms with van der Waals surface area (Å²) < 4.78 is 0. The number of benzene rings is 3. The van der Waals surface area contributed by atoms with Crippen LogP contribution in [0.15, 0.2) is 84.9 Å². The number of hydroxylamine groups is 1. The number of carbonyl (C=O) groups is 1. The van der Waals surface area contributed by atoms with E-state index in [1.807, 2.05) is 84.9 Å². The van der Waals surface area contributed by atoms with Crippen LogP contribution in [0.1, 0.15) is 28.2 Å². The van der Waals surface area contributed by atoms with Crippen LogP contribution in [0, 0.1) is 11.8 Å². The summed E-state index contributed by atoms with van der Waals surface area (Å²) in [5.74, 6) is 5.19. The van der Waals surface area contributed by atoms with Crippen molar-refractivity contribution >= 4 is 5.91 Å². The molecule has 3 aromatic carbocycles. The van der Waals surface area contributed by atoms with Crippen LogP contribution in [0.4, 0.5) is 0 Å². The summed E-state index contributed by atoms with van der Waals surface area (Å²) in [5.41, 5.74) is 5.18. The van der Waals surface area contributed by atoms with E-state index in [2.05, 4.69) is 11.8 Å². The van der Waals surface area contributed by atoms with Crippen molar-refractivity contribution in [3.8, 4) is 11.8 Å². The average Bonchev–Trinajstić information content (AvgIpc) is 2.69. The van der Waals surface area contributed by atoms with E-state index in [9.17, 15) is 4.79 Å². The fourth-order valence-electron chi connectivity index (χ4n) is 2.63. The molecule has 3 rings (SSSR count). The molecule has 0 spiro atoms. The molecule has 0 aromatic heterocycles. The molecule has 2 N–H and O–H groups in total. The first kappa shape index (κ1) is 16.5. The van der Waals surface area contributed by atoms with Gasteiger partial charge >= 0.3 is 0 Å². The van der Waals surface area contributed by atoms with E-state index in [-0.39, 0.29) is 0 Å². The minimum Gasteiger partial charge on any atom is -0.289 e. The van der Waals surface area contributed by atoms with E-state index in [1.54, 1.807) is 5.48 Å². The normalized spacial score (nSPS) is 11.1. The lowest BCUT2D eigenvalue weighted by molar-refractivity contribution is -0.129. The van der Waals surface area contributed by atoms with E-state index < -0.39 is 11.8 Å². The standard InChI is InChI=1S/C22H17NO2/c24-22(23-25)21(19-9-5-2-6-10-19)20-15-13-18(14-16-20)12-11-17-7-3-1-4-8-17/h1-10,13-16,21,25H,(H,23,24). The highest BCUT2D eigenvalue weighted by atomic mass is 16.5. The van der Waals surface area contributed by atoms with Crippen LogP contribution in [0.2, 0.25) is 0 Å². The van der Waals surface area contributed by atoms with Gasteiger partial charge in [0, 0.05) is 11.1 Å². The SMILES string of the molecule is O=C(NO)C(c1ccccc1)c1ccc(C#Cc2ccccc2)cc1. The molecule has 3 heteroatoms. The number of carbonyl (C=O) groups excluding carboxylic acids is 1. The third-order valence-electron chi connectivity index (χ3n) is 3.87. The lowest BCUT2D eigenvalue weighted by Gasteiger charge is -2.15. The van der Waals surface area contributed by atoms with Gasteiger partial charge in [-0.3, -0.25) is 10.0 Å². The predicted octanol–water partition coefficient (Wildman–Crippen LogP) is 3.72. The van der Waals surface area contributed by atoms with Crippen molar-refractivity contribution in [2.75, 3.05) is 0 Å². The second kappa shape index (κ2) is 7.96. The zero-order valence-corrected chi connectivity index (χ0v) is 13.5.